The molecule has 15 heavy (non-hydrogen) atoms. The van der Waals surface area contributed by atoms with Crippen LogP contribution in [0, 0.1) is 5.92 Å². The van der Waals surface area contributed by atoms with E-state index in [2.05, 4.69) is 22.6 Å². The fourth-order valence-corrected chi connectivity index (χ4v) is 1.85. The average molecular weight is 209 g/mol. The van der Waals surface area contributed by atoms with Gasteiger partial charge in [-0.3, -0.25) is 4.68 Å². The van der Waals surface area contributed by atoms with E-state index in [0.717, 1.165) is 24.7 Å². The molecule has 2 unspecified atom stereocenters. The minimum atomic E-state index is 0.608. The van der Waals surface area contributed by atoms with Crippen LogP contribution in [-0.2, 0) is 13.1 Å². The van der Waals surface area contributed by atoms with Crippen LogP contribution in [0.25, 0.3) is 0 Å². The maximum atomic E-state index is 5.43. The summed E-state index contributed by atoms with van der Waals surface area (Å²) < 4.78 is 1.79. The first-order valence-corrected chi connectivity index (χ1v) is 5.66. The van der Waals surface area contributed by atoms with E-state index in [1.54, 1.807) is 4.68 Å². The molecule has 5 nitrogen and oxygen atoms in total. The summed E-state index contributed by atoms with van der Waals surface area (Å²) in [6.07, 6.45) is 4.55. The van der Waals surface area contributed by atoms with Crippen molar-refractivity contribution in [3.8, 4) is 0 Å². The quantitative estimate of drug-likeness (QED) is 0.698. The third-order valence-electron chi connectivity index (χ3n) is 2.94. The minimum Gasteiger partial charge on any atom is -0.329 e. The molecule has 0 aromatic carbocycles. The molecule has 1 aromatic heterocycles. The SMILES string of the molecule is CCC1CC1NCc1cn(CCN)nn1. The molecule has 0 amide bonds. The zero-order chi connectivity index (χ0) is 10.7. The highest BCUT2D eigenvalue weighted by Gasteiger charge is 2.34. The van der Waals surface area contributed by atoms with Crippen molar-refractivity contribution in [2.75, 3.05) is 6.54 Å². The van der Waals surface area contributed by atoms with E-state index in [0.29, 0.717) is 12.6 Å². The fraction of sp³-hybridized carbons (Fsp3) is 0.800. The maximum absolute atomic E-state index is 5.43. The Bertz CT molecular complexity index is 309. The molecule has 84 valence electrons. The largest absolute Gasteiger partial charge is 0.329 e. The van der Waals surface area contributed by atoms with E-state index >= 15 is 0 Å². The Labute approximate surface area is 90.0 Å². The van der Waals surface area contributed by atoms with Crippen LogP contribution < -0.4 is 11.1 Å². The highest BCUT2D eigenvalue weighted by atomic mass is 15.4. The van der Waals surface area contributed by atoms with Gasteiger partial charge in [-0.2, -0.15) is 0 Å². The molecule has 1 aliphatic rings. The van der Waals surface area contributed by atoms with Gasteiger partial charge in [-0.1, -0.05) is 18.6 Å². The topological polar surface area (TPSA) is 68.8 Å². The van der Waals surface area contributed by atoms with Gasteiger partial charge in [0.1, 0.15) is 0 Å². The van der Waals surface area contributed by atoms with Gasteiger partial charge in [0.2, 0.25) is 0 Å². The van der Waals surface area contributed by atoms with E-state index in [9.17, 15) is 0 Å². The van der Waals surface area contributed by atoms with Gasteiger partial charge in [0.05, 0.1) is 12.2 Å². The van der Waals surface area contributed by atoms with Crippen molar-refractivity contribution in [2.24, 2.45) is 11.7 Å². The number of aromatic nitrogens is 3. The van der Waals surface area contributed by atoms with E-state index in [4.69, 9.17) is 5.73 Å². The number of rotatable bonds is 6. The van der Waals surface area contributed by atoms with Crippen LogP contribution in [0.3, 0.4) is 0 Å². The molecule has 2 atom stereocenters. The van der Waals surface area contributed by atoms with Crippen LogP contribution >= 0.6 is 0 Å². The molecule has 1 saturated carbocycles. The molecule has 1 aromatic rings. The average Bonchev–Trinajstić information content (AvgIpc) is 2.88. The summed E-state index contributed by atoms with van der Waals surface area (Å²) in [5.41, 5.74) is 6.44. The van der Waals surface area contributed by atoms with Crippen LogP contribution in [0.15, 0.2) is 6.20 Å². The monoisotopic (exact) mass is 209 g/mol. The number of hydrogen-bond acceptors (Lipinski definition) is 4. The van der Waals surface area contributed by atoms with Gasteiger partial charge in [-0.25, -0.2) is 0 Å². The number of hydrogen-bond donors (Lipinski definition) is 2. The third kappa shape index (κ3) is 2.76. The van der Waals surface area contributed by atoms with E-state index in [-0.39, 0.29) is 0 Å². The van der Waals surface area contributed by atoms with Crippen LogP contribution in [-0.4, -0.2) is 27.6 Å². The molecule has 0 aliphatic heterocycles. The van der Waals surface area contributed by atoms with E-state index < -0.39 is 0 Å². The Morgan fingerprint density at radius 1 is 1.67 bits per heavy atom. The molecular weight excluding hydrogens is 190 g/mol. The predicted molar refractivity (Wildman–Crippen MR) is 58.1 cm³/mol. The van der Waals surface area contributed by atoms with Gasteiger partial charge in [0.25, 0.3) is 0 Å². The van der Waals surface area contributed by atoms with Crippen LogP contribution in [0.5, 0.6) is 0 Å². The molecular formula is C10H19N5. The highest BCUT2D eigenvalue weighted by molar-refractivity contribution is 4.97. The summed E-state index contributed by atoms with van der Waals surface area (Å²) in [5.74, 6) is 0.879. The lowest BCUT2D eigenvalue weighted by molar-refractivity contribution is 0.597. The Morgan fingerprint density at radius 2 is 2.53 bits per heavy atom. The Kier molecular flexibility index (Phi) is 3.33. The van der Waals surface area contributed by atoms with Gasteiger partial charge in [-0.05, 0) is 12.3 Å². The van der Waals surface area contributed by atoms with Crippen molar-refractivity contribution in [3.05, 3.63) is 11.9 Å². The van der Waals surface area contributed by atoms with Crippen molar-refractivity contribution in [1.29, 1.82) is 0 Å². The second-order valence-corrected chi connectivity index (χ2v) is 4.15. The number of nitrogens with one attached hydrogen (secondary N) is 1. The van der Waals surface area contributed by atoms with Gasteiger partial charge >= 0.3 is 0 Å². The second-order valence-electron chi connectivity index (χ2n) is 4.15. The lowest BCUT2D eigenvalue weighted by Gasteiger charge is -1.99. The molecule has 1 fully saturated rings. The van der Waals surface area contributed by atoms with Crippen molar-refractivity contribution in [2.45, 2.75) is 38.9 Å². The zero-order valence-electron chi connectivity index (χ0n) is 9.19. The molecule has 0 bridgehead atoms. The van der Waals surface area contributed by atoms with Gasteiger partial charge < -0.3 is 11.1 Å². The lowest BCUT2D eigenvalue weighted by Crippen LogP contribution is -2.17. The summed E-state index contributed by atoms with van der Waals surface area (Å²) in [6, 6.07) is 0.703. The summed E-state index contributed by atoms with van der Waals surface area (Å²) in [6.45, 7) is 4.42. The van der Waals surface area contributed by atoms with Gasteiger partial charge in [-0.15, -0.1) is 5.10 Å². The fourth-order valence-electron chi connectivity index (χ4n) is 1.85. The van der Waals surface area contributed by atoms with Gasteiger partial charge in [0, 0.05) is 25.3 Å². The molecule has 0 spiro atoms. The standard InChI is InChI=1S/C10H19N5/c1-2-8-5-10(8)12-6-9-7-15(4-3-11)14-13-9/h7-8,10,12H,2-6,11H2,1H3. The van der Waals surface area contributed by atoms with Crippen molar-refractivity contribution in [1.82, 2.24) is 20.3 Å². The zero-order valence-corrected chi connectivity index (χ0v) is 9.19. The number of nitrogens with zero attached hydrogens (tertiary/aromatic N) is 3. The van der Waals surface area contributed by atoms with Crippen LogP contribution in [0.4, 0.5) is 0 Å². The smallest absolute Gasteiger partial charge is 0.0964 e. The summed E-state index contributed by atoms with van der Waals surface area (Å²) in [7, 11) is 0. The van der Waals surface area contributed by atoms with Crippen molar-refractivity contribution >= 4 is 0 Å². The molecule has 0 radical (unpaired) electrons. The van der Waals surface area contributed by atoms with Gasteiger partial charge in [0.15, 0.2) is 0 Å². The summed E-state index contributed by atoms with van der Waals surface area (Å²) >= 11 is 0. The third-order valence-corrected chi connectivity index (χ3v) is 2.94. The van der Waals surface area contributed by atoms with Crippen LogP contribution in [0.2, 0.25) is 0 Å². The second kappa shape index (κ2) is 4.72. The highest BCUT2D eigenvalue weighted by Crippen LogP contribution is 2.33. The van der Waals surface area contributed by atoms with Crippen molar-refractivity contribution < 1.29 is 0 Å². The molecule has 1 heterocycles. The molecule has 2 rings (SSSR count). The Hall–Kier alpha value is -0.940. The first-order valence-electron chi connectivity index (χ1n) is 5.66. The normalized spacial score (nSPS) is 24.4. The van der Waals surface area contributed by atoms with Crippen molar-refractivity contribution in [3.63, 3.8) is 0 Å². The molecule has 0 saturated heterocycles. The van der Waals surface area contributed by atoms with E-state index in [1.165, 1.54) is 12.8 Å². The number of nitrogens with two attached hydrogens (primary N) is 1. The first-order chi connectivity index (χ1) is 7.33. The first kappa shape index (κ1) is 10.6. The predicted octanol–water partition coefficient (Wildman–Crippen LogP) is 0.125. The Balaban J connectivity index is 1.74. The lowest BCUT2D eigenvalue weighted by atomic mass is 10.3. The molecule has 1 aliphatic carbocycles. The van der Waals surface area contributed by atoms with Crippen LogP contribution in [0.1, 0.15) is 25.5 Å². The summed E-state index contributed by atoms with van der Waals surface area (Å²) in [4.78, 5) is 0. The molecule has 3 N–H and O–H groups in total. The Morgan fingerprint density at radius 3 is 3.20 bits per heavy atom. The maximum Gasteiger partial charge on any atom is 0.0964 e. The van der Waals surface area contributed by atoms with E-state index in [1.807, 2.05) is 6.20 Å². The molecule has 5 heteroatoms. The minimum absolute atomic E-state index is 0.608. The summed E-state index contributed by atoms with van der Waals surface area (Å²) in [5, 5.41) is 11.6.